The second kappa shape index (κ2) is 5.77. The lowest BCUT2D eigenvalue weighted by atomic mass is 9.92. The van der Waals surface area contributed by atoms with Crippen molar-refractivity contribution in [3.63, 3.8) is 0 Å². The third kappa shape index (κ3) is 3.27. The number of nitrogens with one attached hydrogen (secondary N) is 1. The highest BCUT2D eigenvalue weighted by Crippen LogP contribution is 2.22. The van der Waals surface area contributed by atoms with Crippen molar-refractivity contribution in [1.82, 2.24) is 10.2 Å². The minimum atomic E-state index is -0.773. The molecular formula is C13H18N2O4. The molecule has 0 aromatic carbocycles. The fourth-order valence-electron chi connectivity index (χ4n) is 2.37. The zero-order chi connectivity index (χ0) is 13.8. The van der Waals surface area contributed by atoms with E-state index in [2.05, 4.69) is 5.32 Å². The number of rotatable bonds is 3. The molecular weight excluding hydrogens is 248 g/mol. The molecule has 104 valence electrons. The van der Waals surface area contributed by atoms with E-state index in [9.17, 15) is 9.59 Å². The van der Waals surface area contributed by atoms with Crippen LogP contribution in [0.5, 0.6) is 0 Å². The molecule has 19 heavy (non-hydrogen) atoms. The molecule has 2 atom stereocenters. The molecule has 0 spiro atoms. The Bertz CT molecular complexity index is 444. The summed E-state index contributed by atoms with van der Waals surface area (Å²) in [7, 11) is 0. The van der Waals surface area contributed by atoms with Crippen molar-refractivity contribution < 1.29 is 19.1 Å². The predicted octanol–water partition coefficient (Wildman–Crippen LogP) is 1.67. The van der Waals surface area contributed by atoms with E-state index in [0.717, 1.165) is 5.56 Å². The highest BCUT2D eigenvalue weighted by atomic mass is 16.4. The molecule has 2 unspecified atom stereocenters. The Kier molecular flexibility index (Phi) is 4.09. The molecule has 1 aromatic heterocycles. The van der Waals surface area contributed by atoms with Crippen molar-refractivity contribution in [2.24, 2.45) is 5.92 Å². The van der Waals surface area contributed by atoms with Gasteiger partial charge in [0.2, 0.25) is 0 Å². The van der Waals surface area contributed by atoms with Crippen LogP contribution >= 0.6 is 0 Å². The number of likely N-dealkylation sites (tertiary alicyclic amines) is 1. The van der Waals surface area contributed by atoms with E-state index in [0.29, 0.717) is 25.9 Å². The fraction of sp³-hybridized carbons (Fsp3) is 0.538. The van der Waals surface area contributed by atoms with Gasteiger partial charge in [0.1, 0.15) is 0 Å². The lowest BCUT2D eigenvalue weighted by Gasteiger charge is -2.36. The molecule has 2 amide bonds. The number of carboxylic acid groups (broad SMARTS) is 1. The number of amides is 2. The van der Waals surface area contributed by atoms with E-state index >= 15 is 0 Å². The van der Waals surface area contributed by atoms with Crippen LogP contribution in [0.1, 0.15) is 25.3 Å². The number of nitrogens with zero attached hydrogens (tertiary/aromatic N) is 1. The number of hydrogen-bond acceptors (Lipinski definition) is 3. The van der Waals surface area contributed by atoms with Crippen LogP contribution in [0.2, 0.25) is 0 Å². The SMILES string of the molecule is CC1CC(C(=O)O)CCN1C(=O)NCc1ccoc1. The van der Waals surface area contributed by atoms with Gasteiger partial charge in [-0.3, -0.25) is 4.79 Å². The second-order valence-electron chi connectivity index (χ2n) is 4.89. The fourth-order valence-corrected chi connectivity index (χ4v) is 2.37. The van der Waals surface area contributed by atoms with Crippen LogP contribution in [0.25, 0.3) is 0 Å². The van der Waals surface area contributed by atoms with Crippen LogP contribution in [-0.2, 0) is 11.3 Å². The number of carbonyl (C=O) groups excluding carboxylic acids is 1. The highest BCUT2D eigenvalue weighted by Gasteiger charge is 2.32. The molecule has 0 aliphatic carbocycles. The predicted molar refractivity (Wildman–Crippen MR) is 67.5 cm³/mol. The van der Waals surface area contributed by atoms with Gasteiger partial charge in [-0.2, -0.15) is 0 Å². The number of piperidine rings is 1. The van der Waals surface area contributed by atoms with Gasteiger partial charge in [0.05, 0.1) is 18.4 Å². The smallest absolute Gasteiger partial charge is 0.317 e. The molecule has 0 radical (unpaired) electrons. The summed E-state index contributed by atoms with van der Waals surface area (Å²) in [6, 6.07) is 1.58. The zero-order valence-electron chi connectivity index (χ0n) is 10.8. The highest BCUT2D eigenvalue weighted by molar-refractivity contribution is 5.75. The Labute approximate surface area is 111 Å². The van der Waals surface area contributed by atoms with Gasteiger partial charge in [-0.25, -0.2) is 4.79 Å². The number of hydrogen-bond donors (Lipinski definition) is 2. The van der Waals surface area contributed by atoms with Crippen molar-refractivity contribution in [1.29, 1.82) is 0 Å². The third-order valence-corrected chi connectivity index (χ3v) is 3.51. The van der Waals surface area contributed by atoms with Crippen molar-refractivity contribution in [3.05, 3.63) is 24.2 Å². The molecule has 1 aliphatic rings. The van der Waals surface area contributed by atoms with Crippen LogP contribution in [0.15, 0.2) is 23.0 Å². The summed E-state index contributed by atoms with van der Waals surface area (Å²) in [5.74, 6) is -1.11. The molecule has 1 fully saturated rings. The van der Waals surface area contributed by atoms with E-state index < -0.39 is 5.97 Å². The molecule has 2 rings (SSSR count). The summed E-state index contributed by atoms with van der Waals surface area (Å²) in [6.07, 6.45) is 4.16. The molecule has 0 bridgehead atoms. The maximum atomic E-state index is 12.0. The Morgan fingerprint density at radius 1 is 1.58 bits per heavy atom. The summed E-state index contributed by atoms with van der Waals surface area (Å²) in [4.78, 5) is 24.6. The van der Waals surface area contributed by atoms with Crippen molar-refractivity contribution in [2.45, 2.75) is 32.4 Å². The summed E-state index contributed by atoms with van der Waals surface area (Å²) in [5, 5.41) is 11.8. The van der Waals surface area contributed by atoms with Crippen LogP contribution < -0.4 is 5.32 Å². The lowest BCUT2D eigenvalue weighted by molar-refractivity contribution is -0.143. The number of urea groups is 1. The monoisotopic (exact) mass is 266 g/mol. The lowest BCUT2D eigenvalue weighted by Crippen LogP contribution is -2.49. The number of carbonyl (C=O) groups is 2. The molecule has 2 heterocycles. The van der Waals surface area contributed by atoms with Gasteiger partial charge in [-0.15, -0.1) is 0 Å². The standard InChI is InChI=1S/C13H18N2O4/c1-9-6-11(12(16)17)2-4-15(9)13(18)14-7-10-3-5-19-8-10/h3,5,8-9,11H,2,4,6-7H2,1H3,(H,14,18)(H,16,17). The summed E-state index contributed by atoms with van der Waals surface area (Å²) in [6.45, 7) is 2.78. The molecule has 2 N–H and O–H groups in total. The molecule has 1 saturated heterocycles. The Hall–Kier alpha value is -1.98. The Balaban J connectivity index is 1.84. The van der Waals surface area contributed by atoms with E-state index in [1.54, 1.807) is 23.5 Å². The first-order valence-corrected chi connectivity index (χ1v) is 6.36. The van der Waals surface area contributed by atoms with Gasteiger partial charge in [0, 0.05) is 24.7 Å². The van der Waals surface area contributed by atoms with Gasteiger partial charge in [0.15, 0.2) is 0 Å². The Morgan fingerprint density at radius 3 is 2.95 bits per heavy atom. The zero-order valence-corrected chi connectivity index (χ0v) is 10.8. The average Bonchev–Trinajstić information content (AvgIpc) is 2.88. The van der Waals surface area contributed by atoms with E-state index in [1.165, 1.54) is 0 Å². The molecule has 1 aromatic rings. The maximum absolute atomic E-state index is 12.0. The van der Waals surface area contributed by atoms with E-state index in [4.69, 9.17) is 9.52 Å². The molecule has 6 nitrogen and oxygen atoms in total. The van der Waals surface area contributed by atoms with Gasteiger partial charge in [-0.1, -0.05) is 0 Å². The first kappa shape index (κ1) is 13.5. The van der Waals surface area contributed by atoms with E-state index in [-0.39, 0.29) is 18.0 Å². The van der Waals surface area contributed by atoms with Gasteiger partial charge in [0.25, 0.3) is 0 Å². The van der Waals surface area contributed by atoms with Gasteiger partial charge >= 0.3 is 12.0 Å². The molecule has 6 heteroatoms. The summed E-state index contributed by atoms with van der Waals surface area (Å²) < 4.78 is 4.92. The minimum absolute atomic E-state index is 0.0563. The van der Waals surface area contributed by atoms with Crippen molar-refractivity contribution >= 4 is 12.0 Å². The van der Waals surface area contributed by atoms with E-state index in [1.807, 2.05) is 6.92 Å². The first-order chi connectivity index (χ1) is 9.08. The van der Waals surface area contributed by atoms with Gasteiger partial charge in [-0.05, 0) is 25.8 Å². The first-order valence-electron chi connectivity index (χ1n) is 6.36. The third-order valence-electron chi connectivity index (χ3n) is 3.51. The summed E-state index contributed by atoms with van der Waals surface area (Å²) >= 11 is 0. The van der Waals surface area contributed by atoms with Crippen molar-refractivity contribution in [3.8, 4) is 0 Å². The normalized spacial score (nSPS) is 23.1. The molecule has 1 aliphatic heterocycles. The van der Waals surface area contributed by atoms with Gasteiger partial charge < -0.3 is 19.7 Å². The quantitative estimate of drug-likeness (QED) is 0.871. The maximum Gasteiger partial charge on any atom is 0.317 e. The van der Waals surface area contributed by atoms with Crippen LogP contribution in [-0.4, -0.2) is 34.6 Å². The summed E-state index contributed by atoms with van der Waals surface area (Å²) in [5.41, 5.74) is 0.904. The van der Waals surface area contributed by atoms with Crippen LogP contribution in [0.3, 0.4) is 0 Å². The Morgan fingerprint density at radius 2 is 2.37 bits per heavy atom. The van der Waals surface area contributed by atoms with Crippen LogP contribution in [0, 0.1) is 5.92 Å². The minimum Gasteiger partial charge on any atom is -0.481 e. The topological polar surface area (TPSA) is 82.8 Å². The number of furan rings is 1. The molecule has 0 saturated carbocycles. The van der Waals surface area contributed by atoms with Crippen molar-refractivity contribution in [2.75, 3.05) is 6.54 Å². The van der Waals surface area contributed by atoms with Crippen LogP contribution in [0.4, 0.5) is 4.79 Å². The number of carboxylic acids is 1. The second-order valence-corrected chi connectivity index (χ2v) is 4.89. The largest absolute Gasteiger partial charge is 0.481 e. The average molecular weight is 266 g/mol. The number of aliphatic carboxylic acids is 1.